The van der Waals surface area contributed by atoms with Crippen molar-refractivity contribution in [3.63, 3.8) is 0 Å². The minimum absolute atomic E-state index is 0.407. The number of carbonyl (C=O) groups is 2. The second-order valence-electron chi connectivity index (χ2n) is 4.38. The number of rotatable bonds is 8. The smallest absolute Gasteiger partial charge is 0.318 e. The van der Waals surface area contributed by atoms with E-state index in [1.165, 1.54) is 20.4 Å². The van der Waals surface area contributed by atoms with Crippen molar-refractivity contribution in [2.45, 2.75) is 52.4 Å². The Hall–Kier alpha value is -1.06. The van der Waals surface area contributed by atoms with Gasteiger partial charge in [0, 0.05) is 7.05 Å². The molecule has 0 aliphatic heterocycles. The van der Waals surface area contributed by atoms with Crippen molar-refractivity contribution < 1.29 is 14.7 Å². The lowest BCUT2D eigenvalue weighted by Crippen LogP contribution is -2.43. The van der Waals surface area contributed by atoms with E-state index in [1.54, 1.807) is 0 Å². The van der Waals surface area contributed by atoms with Crippen LogP contribution in [-0.2, 0) is 9.59 Å². The second kappa shape index (κ2) is 7.25. The van der Waals surface area contributed by atoms with Crippen LogP contribution < -0.4 is 5.32 Å². The molecule has 0 fully saturated rings. The Bertz CT molecular complexity index is 240. The highest BCUT2D eigenvalue weighted by molar-refractivity contribution is 6.01. The molecule has 0 aromatic rings. The van der Waals surface area contributed by atoms with Gasteiger partial charge in [0.2, 0.25) is 5.91 Å². The molecule has 0 rings (SSSR count). The molecule has 94 valence electrons. The number of nitrogens with one attached hydrogen (secondary N) is 1. The quantitative estimate of drug-likeness (QED) is 0.495. The zero-order valence-electron chi connectivity index (χ0n) is 10.5. The van der Waals surface area contributed by atoms with Crippen molar-refractivity contribution in [1.29, 1.82) is 0 Å². The van der Waals surface area contributed by atoms with E-state index in [2.05, 4.69) is 12.2 Å². The molecule has 0 bridgehead atoms. The zero-order valence-corrected chi connectivity index (χ0v) is 10.5. The maximum absolute atomic E-state index is 11.5. The molecule has 4 heteroatoms. The van der Waals surface area contributed by atoms with Gasteiger partial charge in [-0.1, -0.05) is 39.0 Å². The lowest BCUT2D eigenvalue weighted by molar-refractivity contribution is -0.155. The Labute approximate surface area is 97.4 Å². The molecule has 16 heavy (non-hydrogen) atoms. The van der Waals surface area contributed by atoms with Gasteiger partial charge >= 0.3 is 5.97 Å². The first-order valence-corrected chi connectivity index (χ1v) is 5.94. The van der Waals surface area contributed by atoms with Gasteiger partial charge in [0.25, 0.3) is 0 Å². The highest BCUT2D eigenvalue weighted by atomic mass is 16.4. The molecule has 1 atom stereocenters. The molecule has 0 aromatic heterocycles. The van der Waals surface area contributed by atoms with E-state index >= 15 is 0 Å². The summed E-state index contributed by atoms with van der Waals surface area (Å²) in [5.41, 5.74) is -1.28. The summed E-state index contributed by atoms with van der Waals surface area (Å²) in [7, 11) is 1.47. The lowest BCUT2D eigenvalue weighted by atomic mass is 9.83. The van der Waals surface area contributed by atoms with E-state index in [9.17, 15) is 9.59 Å². The molecule has 0 radical (unpaired) electrons. The fourth-order valence-corrected chi connectivity index (χ4v) is 1.68. The molecular formula is C12H23NO3. The highest BCUT2D eigenvalue weighted by Gasteiger charge is 2.39. The van der Waals surface area contributed by atoms with E-state index in [-0.39, 0.29) is 0 Å². The average Bonchev–Trinajstić information content (AvgIpc) is 2.27. The predicted molar refractivity (Wildman–Crippen MR) is 63.2 cm³/mol. The molecule has 0 aromatic carbocycles. The summed E-state index contributed by atoms with van der Waals surface area (Å²) in [6.07, 6.45) is 5.63. The van der Waals surface area contributed by atoms with Crippen LogP contribution in [0.5, 0.6) is 0 Å². The highest BCUT2D eigenvalue weighted by Crippen LogP contribution is 2.25. The average molecular weight is 229 g/mol. The summed E-state index contributed by atoms with van der Waals surface area (Å²) in [5, 5.41) is 11.5. The number of carbonyl (C=O) groups excluding carboxylic acids is 1. The van der Waals surface area contributed by atoms with E-state index in [0.717, 1.165) is 25.7 Å². The van der Waals surface area contributed by atoms with Crippen molar-refractivity contribution in [2.24, 2.45) is 5.41 Å². The monoisotopic (exact) mass is 229 g/mol. The van der Waals surface area contributed by atoms with Crippen LogP contribution >= 0.6 is 0 Å². The fraction of sp³-hybridized carbons (Fsp3) is 0.833. The summed E-state index contributed by atoms with van der Waals surface area (Å²) < 4.78 is 0. The summed E-state index contributed by atoms with van der Waals surface area (Å²) in [6, 6.07) is 0. The van der Waals surface area contributed by atoms with Crippen molar-refractivity contribution in [1.82, 2.24) is 5.32 Å². The number of amides is 1. The van der Waals surface area contributed by atoms with Crippen LogP contribution in [0.1, 0.15) is 52.4 Å². The fourth-order valence-electron chi connectivity index (χ4n) is 1.68. The standard InChI is InChI=1S/C12H23NO3/c1-4-5-6-7-8-9-12(2,11(15)16)10(14)13-3/h4-9H2,1-3H3,(H,13,14)(H,15,16). The molecule has 0 heterocycles. The molecule has 1 amide bonds. The zero-order chi connectivity index (χ0) is 12.6. The van der Waals surface area contributed by atoms with E-state index in [0.29, 0.717) is 6.42 Å². The number of hydrogen-bond acceptors (Lipinski definition) is 2. The van der Waals surface area contributed by atoms with Gasteiger partial charge in [-0.3, -0.25) is 9.59 Å². The van der Waals surface area contributed by atoms with Gasteiger partial charge in [-0.2, -0.15) is 0 Å². The summed E-state index contributed by atoms with van der Waals surface area (Å²) in [5.74, 6) is -1.45. The van der Waals surface area contributed by atoms with Crippen LogP contribution in [0.4, 0.5) is 0 Å². The Balaban J connectivity index is 4.14. The Kier molecular flexibility index (Phi) is 6.77. The van der Waals surface area contributed by atoms with Crippen molar-refractivity contribution in [3.8, 4) is 0 Å². The summed E-state index contributed by atoms with van der Waals surface area (Å²) >= 11 is 0. The molecule has 0 spiro atoms. The van der Waals surface area contributed by atoms with Gasteiger partial charge in [-0.05, 0) is 13.3 Å². The van der Waals surface area contributed by atoms with E-state index in [1.807, 2.05) is 0 Å². The van der Waals surface area contributed by atoms with Gasteiger partial charge in [-0.15, -0.1) is 0 Å². The Morgan fingerprint density at radius 2 is 1.75 bits per heavy atom. The molecule has 0 aliphatic rings. The molecular weight excluding hydrogens is 206 g/mol. The first-order chi connectivity index (χ1) is 7.49. The Morgan fingerprint density at radius 1 is 1.19 bits per heavy atom. The van der Waals surface area contributed by atoms with Gasteiger partial charge in [-0.25, -0.2) is 0 Å². The van der Waals surface area contributed by atoms with E-state index in [4.69, 9.17) is 5.11 Å². The van der Waals surface area contributed by atoms with Crippen LogP contribution in [0.2, 0.25) is 0 Å². The first kappa shape index (κ1) is 14.9. The normalized spacial score (nSPS) is 14.2. The maximum atomic E-state index is 11.5. The number of carboxylic acid groups (broad SMARTS) is 1. The third-order valence-electron chi connectivity index (χ3n) is 2.98. The molecule has 2 N–H and O–H groups in total. The number of carboxylic acids is 1. The first-order valence-electron chi connectivity index (χ1n) is 5.94. The van der Waals surface area contributed by atoms with Crippen molar-refractivity contribution >= 4 is 11.9 Å². The third kappa shape index (κ3) is 4.21. The molecule has 0 saturated heterocycles. The maximum Gasteiger partial charge on any atom is 0.318 e. The lowest BCUT2D eigenvalue weighted by Gasteiger charge is -2.22. The van der Waals surface area contributed by atoms with Crippen LogP contribution in [0.15, 0.2) is 0 Å². The van der Waals surface area contributed by atoms with Gasteiger partial charge in [0.15, 0.2) is 0 Å². The van der Waals surface area contributed by atoms with E-state index < -0.39 is 17.3 Å². The SMILES string of the molecule is CCCCCCCC(C)(C(=O)O)C(=O)NC. The van der Waals surface area contributed by atoms with Gasteiger partial charge in [0.1, 0.15) is 5.41 Å². The van der Waals surface area contributed by atoms with Crippen LogP contribution in [0, 0.1) is 5.41 Å². The topological polar surface area (TPSA) is 66.4 Å². The van der Waals surface area contributed by atoms with Crippen molar-refractivity contribution in [3.05, 3.63) is 0 Å². The number of hydrogen-bond donors (Lipinski definition) is 2. The van der Waals surface area contributed by atoms with Crippen LogP contribution in [-0.4, -0.2) is 24.0 Å². The molecule has 0 saturated carbocycles. The Morgan fingerprint density at radius 3 is 2.19 bits per heavy atom. The predicted octanol–water partition coefficient (Wildman–Crippen LogP) is 2.18. The number of unbranched alkanes of at least 4 members (excludes halogenated alkanes) is 4. The second-order valence-corrected chi connectivity index (χ2v) is 4.38. The van der Waals surface area contributed by atoms with Gasteiger partial charge < -0.3 is 10.4 Å². The molecule has 4 nitrogen and oxygen atoms in total. The minimum atomic E-state index is -1.28. The number of aliphatic carboxylic acids is 1. The van der Waals surface area contributed by atoms with Crippen molar-refractivity contribution in [2.75, 3.05) is 7.05 Å². The summed E-state index contributed by atoms with van der Waals surface area (Å²) in [4.78, 5) is 22.6. The van der Waals surface area contributed by atoms with Gasteiger partial charge in [0.05, 0.1) is 0 Å². The van der Waals surface area contributed by atoms with Crippen LogP contribution in [0.25, 0.3) is 0 Å². The molecule has 1 unspecified atom stereocenters. The van der Waals surface area contributed by atoms with Crippen LogP contribution in [0.3, 0.4) is 0 Å². The third-order valence-corrected chi connectivity index (χ3v) is 2.98. The molecule has 0 aliphatic carbocycles. The minimum Gasteiger partial charge on any atom is -0.480 e. The largest absolute Gasteiger partial charge is 0.480 e. The summed E-state index contributed by atoms with van der Waals surface area (Å²) in [6.45, 7) is 3.62.